The third kappa shape index (κ3) is 5.49. The maximum Gasteiger partial charge on any atom is 0.343 e. The fourth-order valence-corrected chi connectivity index (χ4v) is 6.52. The van der Waals surface area contributed by atoms with Crippen molar-refractivity contribution in [1.82, 2.24) is 5.32 Å². The van der Waals surface area contributed by atoms with Crippen LogP contribution in [0.1, 0.15) is 42.9 Å². The molecular formula is C21H29NO6P2. The second-order valence-corrected chi connectivity index (χ2v) is 11.6. The molecule has 3 rings (SSSR count). The summed E-state index contributed by atoms with van der Waals surface area (Å²) in [5.74, 6) is -1.55. The van der Waals surface area contributed by atoms with Crippen molar-refractivity contribution >= 4 is 15.2 Å². The van der Waals surface area contributed by atoms with Crippen molar-refractivity contribution in [2.45, 2.75) is 50.5 Å². The Kier molecular flexibility index (Phi) is 7.36. The van der Waals surface area contributed by atoms with Gasteiger partial charge < -0.3 is 24.9 Å². The molecule has 2 aromatic carbocycles. The first kappa shape index (κ1) is 23.4. The van der Waals surface area contributed by atoms with E-state index in [4.69, 9.17) is 0 Å². The first-order chi connectivity index (χ1) is 14.1. The van der Waals surface area contributed by atoms with Crippen LogP contribution in [0.3, 0.4) is 0 Å². The highest BCUT2D eigenvalue weighted by Gasteiger charge is 2.42. The molecule has 0 aromatic heterocycles. The molecule has 2 atom stereocenters. The number of hydrogen-bond donors (Lipinski definition) is 5. The van der Waals surface area contributed by atoms with Gasteiger partial charge in [-0.1, -0.05) is 48.9 Å². The standard InChI is InChI=1S/C21H29NO6P2/c1-15(29(23,24)25)21(30(26,27)28)22-13-6-2-3-8-16-10-7-12-19-18-11-5-4-9-17(18)14-20(16)19/h4-5,7,9-12,15,21-22H,2-3,6,8,13-14H2,1H3,(H2,23,24,25)(H2,26,27,28). The summed E-state index contributed by atoms with van der Waals surface area (Å²) in [5.41, 5.74) is 5.23. The first-order valence-corrected chi connectivity index (χ1v) is 13.5. The Labute approximate surface area is 176 Å². The van der Waals surface area contributed by atoms with Gasteiger partial charge in [0.2, 0.25) is 0 Å². The van der Waals surface area contributed by atoms with Crippen molar-refractivity contribution in [2.24, 2.45) is 0 Å². The SMILES string of the molecule is CC(C(NCCCCCc1cccc2c1Cc1ccccc1-2)P(=O)(O)O)P(=O)(O)O. The molecule has 0 spiro atoms. The average Bonchev–Trinajstić information content (AvgIpc) is 3.04. The van der Waals surface area contributed by atoms with Crippen LogP contribution in [0.25, 0.3) is 11.1 Å². The number of rotatable bonds is 10. The molecule has 2 aromatic rings. The van der Waals surface area contributed by atoms with Crippen molar-refractivity contribution in [2.75, 3.05) is 6.54 Å². The fraction of sp³-hybridized carbons (Fsp3) is 0.429. The van der Waals surface area contributed by atoms with E-state index < -0.39 is 26.6 Å². The molecule has 1 aliphatic carbocycles. The van der Waals surface area contributed by atoms with E-state index >= 15 is 0 Å². The van der Waals surface area contributed by atoms with Gasteiger partial charge in [-0.25, -0.2) is 0 Å². The van der Waals surface area contributed by atoms with Crippen molar-refractivity contribution in [3.63, 3.8) is 0 Å². The molecule has 7 nitrogen and oxygen atoms in total. The van der Waals surface area contributed by atoms with Gasteiger partial charge in [0, 0.05) is 0 Å². The van der Waals surface area contributed by atoms with Crippen molar-refractivity contribution in [3.05, 3.63) is 59.2 Å². The van der Waals surface area contributed by atoms with E-state index in [0.717, 1.165) is 32.6 Å². The lowest BCUT2D eigenvalue weighted by atomic mass is 9.97. The molecule has 0 fully saturated rings. The van der Waals surface area contributed by atoms with E-state index in [9.17, 15) is 28.7 Å². The van der Waals surface area contributed by atoms with Crippen LogP contribution in [0.4, 0.5) is 0 Å². The lowest BCUT2D eigenvalue weighted by Crippen LogP contribution is -2.38. The van der Waals surface area contributed by atoms with Crippen LogP contribution in [0.15, 0.2) is 42.5 Å². The normalized spacial score (nSPS) is 15.5. The van der Waals surface area contributed by atoms with Gasteiger partial charge in [0.1, 0.15) is 5.78 Å². The average molecular weight is 453 g/mol. The second kappa shape index (κ2) is 9.46. The summed E-state index contributed by atoms with van der Waals surface area (Å²) >= 11 is 0. The number of hydrogen-bond acceptors (Lipinski definition) is 3. The third-order valence-corrected chi connectivity index (χ3v) is 8.72. The van der Waals surface area contributed by atoms with E-state index in [1.54, 1.807) is 0 Å². The summed E-state index contributed by atoms with van der Waals surface area (Å²) in [6.07, 6.45) is 4.33. The zero-order chi connectivity index (χ0) is 21.9. The minimum absolute atomic E-state index is 0.290. The van der Waals surface area contributed by atoms with Gasteiger partial charge in [-0.15, -0.1) is 0 Å². The lowest BCUT2D eigenvalue weighted by molar-refractivity contribution is 0.320. The van der Waals surface area contributed by atoms with E-state index in [1.807, 2.05) is 0 Å². The van der Waals surface area contributed by atoms with Crippen LogP contribution in [-0.2, 0) is 22.0 Å². The molecule has 1 aliphatic rings. The minimum Gasteiger partial charge on any atom is -0.324 e. The van der Waals surface area contributed by atoms with Gasteiger partial charge in [-0.2, -0.15) is 0 Å². The van der Waals surface area contributed by atoms with Crippen LogP contribution < -0.4 is 5.32 Å². The number of aryl methyl sites for hydroxylation is 1. The van der Waals surface area contributed by atoms with Crippen LogP contribution in [0, 0.1) is 0 Å². The van der Waals surface area contributed by atoms with Gasteiger partial charge in [0.15, 0.2) is 0 Å². The molecule has 164 valence electrons. The minimum atomic E-state index is -4.67. The molecular weight excluding hydrogens is 424 g/mol. The van der Waals surface area contributed by atoms with Crippen LogP contribution in [-0.4, -0.2) is 37.6 Å². The Morgan fingerprint density at radius 1 is 0.900 bits per heavy atom. The number of fused-ring (bicyclic) bond motifs is 3. The highest BCUT2D eigenvalue weighted by molar-refractivity contribution is 7.57. The van der Waals surface area contributed by atoms with E-state index in [-0.39, 0.29) is 0 Å². The number of benzene rings is 2. The van der Waals surface area contributed by atoms with Crippen molar-refractivity contribution in [1.29, 1.82) is 0 Å². The molecule has 0 heterocycles. The second-order valence-electron chi connectivity index (χ2n) is 7.91. The van der Waals surface area contributed by atoms with Gasteiger partial charge in [-0.3, -0.25) is 9.13 Å². The largest absolute Gasteiger partial charge is 0.343 e. The topological polar surface area (TPSA) is 127 Å². The smallest absolute Gasteiger partial charge is 0.324 e. The maximum atomic E-state index is 11.6. The Balaban J connectivity index is 1.50. The molecule has 30 heavy (non-hydrogen) atoms. The van der Waals surface area contributed by atoms with Gasteiger partial charge in [0.25, 0.3) is 0 Å². The Bertz CT molecular complexity index is 983. The molecule has 0 aliphatic heterocycles. The highest BCUT2D eigenvalue weighted by atomic mass is 31.2. The molecule has 0 bridgehead atoms. The Morgan fingerprint density at radius 2 is 1.60 bits per heavy atom. The first-order valence-electron chi connectivity index (χ1n) is 10.1. The highest BCUT2D eigenvalue weighted by Crippen LogP contribution is 2.52. The van der Waals surface area contributed by atoms with E-state index in [2.05, 4.69) is 47.8 Å². The predicted molar refractivity (Wildman–Crippen MR) is 118 cm³/mol. The molecule has 0 saturated carbocycles. The Morgan fingerprint density at radius 3 is 2.30 bits per heavy atom. The number of unbranched alkanes of at least 4 members (excludes halogenated alkanes) is 2. The maximum absolute atomic E-state index is 11.6. The van der Waals surface area contributed by atoms with Crippen LogP contribution in [0.5, 0.6) is 0 Å². The summed E-state index contributed by atoms with van der Waals surface area (Å²) in [7, 11) is -9.27. The van der Waals surface area contributed by atoms with Crippen LogP contribution in [0.2, 0.25) is 0 Å². The zero-order valence-electron chi connectivity index (χ0n) is 16.9. The van der Waals surface area contributed by atoms with Crippen molar-refractivity contribution < 1.29 is 28.7 Å². The predicted octanol–water partition coefficient (Wildman–Crippen LogP) is 3.63. The summed E-state index contributed by atoms with van der Waals surface area (Å²) < 4.78 is 23.0. The van der Waals surface area contributed by atoms with Gasteiger partial charge in [-0.05, 0) is 67.0 Å². The Hall–Kier alpha value is -1.30. The van der Waals surface area contributed by atoms with Crippen LogP contribution >= 0.6 is 15.2 Å². The monoisotopic (exact) mass is 453 g/mol. The summed E-state index contributed by atoms with van der Waals surface area (Å²) in [4.78, 5) is 37.4. The van der Waals surface area contributed by atoms with Crippen molar-refractivity contribution in [3.8, 4) is 11.1 Å². The molecule has 0 saturated heterocycles. The zero-order valence-corrected chi connectivity index (χ0v) is 18.7. The summed E-state index contributed by atoms with van der Waals surface area (Å²) in [6, 6.07) is 14.9. The van der Waals surface area contributed by atoms with Gasteiger partial charge >= 0.3 is 15.2 Å². The summed E-state index contributed by atoms with van der Waals surface area (Å²) in [5, 5.41) is 2.66. The third-order valence-electron chi connectivity index (χ3n) is 5.77. The molecule has 0 amide bonds. The fourth-order valence-electron chi connectivity index (χ4n) is 4.08. The van der Waals surface area contributed by atoms with Gasteiger partial charge in [0.05, 0.1) is 5.66 Å². The van der Waals surface area contributed by atoms with E-state index in [1.165, 1.54) is 27.8 Å². The summed E-state index contributed by atoms with van der Waals surface area (Å²) in [6.45, 7) is 1.45. The molecule has 9 heteroatoms. The molecule has 5 N–H and O–H groups in total. The number of nitrogens with one attached hydrogen (secondary N) is 1. The molecule has 2 unspecified atom stereocenters. The lowest BCUT2D eigenvalue weighted by Gasteiger charge is -2.26. The molecule has 0 radical (unpaired) electrons. The quantitative estimate of drug-likeness (QED) is 0.234. The van der Waals surface area contributed by atoms with E-state index in [0.29, 0.717) is 13.0 Å².